The first-order valence-electron chi connectivity index (χ1n) is 7.95. The molecule has 1 amide bonds. The van der Waals surface area contributed by atoms with Gasteiger partial charge in [-0.05, 0) is 35.7 Å². The van der Waals surface area contributed by atoms with Crippen LogP contribution >= 0.6 is 15.9 Å². The summed E-state index contributed by atoms with van der Waals surface area (Å²) in [6.45, 7) is 0.579. The van der Waals surface area contributed by atoms with Gasteiger partial charge < -0.3 is 10.4 Å². The summed E-state index contributed by atoms with van der Waals surface area (Å²) in [6.07, 6.45) is 2.44. The van der Waals surface area contributed by atoms with Gasteiger partial charge in [0.2, 0.25) is 5.91 Å². The average molecular weight is 400 g/mol. The van der Waals surface area contributed by atoms with Gasteiger partial charge in [-0.2, -0.15) is 5.10 Å². The Labute approximate surface area is 154 Å². The number of phenolic OH excluding ortho intramolecular Hbond substituents is 1. The van der Waals surface area contributed by atoms with E-state index in [2.05, 4.69) is 26.3 Å². The Morgan fingerprint density at radius 1 is 1.12 bits per heavy atom. The first kappa shape index (κ1) is 17.2. The lowest BCUT2D eigenvalue weighted by molar-refractivity contribution is -0.116. The van der Waals surface area contributed by atoms with E-state index in [4.69, 9.17) is 0 Å². The van der Waals surface area contributed by atoms with Crippen LogP contribution in [0.2, 0.25) is 0 Å². The number of amides is 1. The van der Waals surface area contributed by atoms with Crippen molar-refractivity contribution < 1.29 is 9.90 Å². The van der Waals surface area contributed by atoms with Crippen molar-refractivity contribution in [3.8, 4) is 5.75 Å². The summed E-state index contributed by atoms with van der Waals surface area (Å²) in [7, 11) is 0. The number of aromatic nitrogens is 2. The fourth-order valence-corrected chi connectivity index (χ4v) is 2.77. The first-order chi connectivity index (χ1) is 12.1. The van der Waals surface area contributed by atoms with Crippen LogP contribution in [0, 0.1) is 0 Å². The highest BCUT2D eigenvalue weighted by molar-refractivity contribution is 9.10. The van der Waals surface area contributed by atoms with Crippen molar-refractivity contribution >= 4 is 27.7 Å². The molecule has 1 aromatic heterocycles. The van der Waals surface area contributed by atoms with Crippen LogP contribution in [0.15, 0.2) is 65.3 Å². The Kier molecular flexibility index (Phi) is 5.50. The molecule has 0 aliphatic rings. The second-order valence-corrected chi connectivity index (χ2v) is 6.59. The first-order valence-corrected chi connectivity index (χ1v) is 8.74. The van der Waals surface area contributed by atoms with E-state index < -0.39 is 0 Å². The van der Waals surface area contributed by atoms with E-state index in [9.17, 15) is 9.90 Å². The molecule has 3 rings (SSSR count). The van der Waals surface area contributed by atoms with E-state index in [1.54, 1.807) is 29.1 Å². The maximum Gasteiger partial charge on any atom is 0.225 e. The molecule has 0 unspecified atom stereocenters. The van der Waals surface area contributed by atoms with Crippen LogP contribution in [-0.2, 0) is 17.8 Å². The van der Waals surface area contributed by atoms with Crippen LogP contribution < -0.4 is 5.32 Å². The molecule has 0 aliphatic carbocycles. The predicted molar refractivity (Wildman–Crippen MR) is 101 cm³/mol. The van der Waals surface area contributed by atoms with Gasteiger partial charge in [0.1, 0.15) is 11.6 Å². The lowest BCUT2D eigenvalue weighted by atomic mass is 10.1. The van der Waals surface area contributed by atoms with Gasteiger partial charge in [0.25, 0.3) is 0 Å². The minimum Gasteiger partial charge on any atom is -0.508 e. The third kappa shape index (κ3) is 4.70. The number of anilines is 1. The number of hydrogen-bond donors (Lipinski definition) is 2. The van der Waals surface area contributed by atoms with E-state index in [0.717, 1.165) is 15.6 Å². The molecule has 5 nitrogen and oxygen atoms in total. The summed E-state index contributed by atoms with van der Waals surface area (Å²) < 4.78 is 2.77. The second-order valence-electron chi connectivity index (χ2n) is 5.68. The molecular formula is C19H18BrN3O2. The van der Waals surface area contributed by atoms with Crippen molar-refractivity contribution in [2.45, 2.75) is 19.4 Å². The standard InChI is InChI=1S/C19H18BrN3O2/c20-16-8-5-14(6-9-16)13-23-18(11-12-21-23)22-19(25)10-7-15-3-1-2-4-17(15)24/h1-6,8-9,11-12,24H,7,10,13H2,(H,22,25). The second kappa shape index (κ2) is 7.98. The summed E-state index contributed by atoms with van der Waals surface area (Å²) in [5.41, 5.74) is 1.86. The fourth-order valence-electron chi connectivity index (χ4n) is 2.50. The fraction of sp³-hybridized carbons (Fsp3) is 0.158. The number of nitrogens with one attached hydrogen (secondary N) is 1. The SMILES string of the molecule is O=C(CCc1ccccc1O)Nc1ccnn1Cc1ccc(Br)cc1. The van der Waals surface area contributed by atoms with Crippen molar-refractivity contribution in [3.05, 3.63) is 76.4 Å². The summed E-state index contributed by atoms with van der Waals surface area (Å²) >= 11 is 3.41. The monoisotopic (exact) mass is 399 g/mol. The van der Waals surface area contributed by atoms with Crippen molar-refractivity contribution in [3.63, 3.8) is 0 Å². The van der Waals surface area contributed by atoms with E-state index in [1.807, 2.05) is 36.4 Å². The Hall–Kier alpha value is -2.60. The van der Waals surface area contributed by atoms with Gasteiger partial charge in [-0.3, -0.25) is 4.79 Å². The summed E-state index contributed by atoms with van der Waals surface area (Å²) in [5.74, 6) is 0.765. The molecule has 0 fully saturated rings. The molecule has 0 saturated heterocycles. The maximum absolute atomic E-state index is 12.2. The largest absolute Gasteiger partial charge is 0.508 e. The summed E-state index contributed by atoms with van der Waals surface area (Å²) in [4.78, 5) is 12.2. The molecule has 0 saturated carbocycles. The average Bonchev–Trinajstić information content (AvgIpc) is 3.03. The van der Waals surface area contributed by atoms with Gasteiger partial charge in [0, 0.05) is 17.0 Å². The number of aromatic hydroxyl groups is 1. The molecule has 2 N–H and O–H groups in total. The minimum atomic E-state index is -0.110. The van der Waals surface area contributed by atoms with Crippen LogP contribution in [0.4, 0.5) is 5.82 Å². The van der Waals surface area contributed by atoms with E-state index in [-0.39, 0.29) is 11.7 Å². The molecular weight excluding hydrogens is 382 g/mol. The quantitative estimate of drug-likeness (QED) is 0.658. The topological polar surface area (TPSA) is 67.2 Å². The number of benzene rings is 2. The molecule has 0 aliphatic heterocycles. The number of rotatable bonds is 6. The zero-order valence-corrected chi connectivity index (χ0v) is 15.1. The lowest BCUT2D eigenvalue weighted by Gasteiger charge is -2.10. The number of aryl methyl sites for hydroxylation is 1. The number of halogens is 1. The molecule has 1 heterocycles. The molecule has 0 bridgehead atoms. The smallest absolute Gasteiger partial charge is 0.225 e. The van der Waals surface area contributed by atoms with Crippen molar-refractivity contribution in [1.82, 2.24) is 9.78 Å². The number of carbonyl (C=O) groups excluding carboxylic acids is 1. The van der Waals surface area contributed by atoms with E-state index in [1.165, 1.54) is 0 Å². The van der Waals surface area contributed by atoms with Crippen molar-refractivity contribution in [2.24, 2.45) is 0 Å². The van der Waals surface area contributed by atoms with E-state index >= 15 is 0 Å². The third-order valence-corrected chi connectivity index (χ3v) is 4.37. The molecule has 128 valence electrons. The van der Waals surface area contributed by atoms with Gasteiger partial charge in [-0.15, -0.1) is 0 Å². The minimum absolute atomic E-state index is 0.110. The molecule has 0 spiro atoms. The number of phenols is 1. The molecule has 2 aromatic carbocycles. The maximum atomic E-state index is 12.2. The molecule has 3 aromatic rings. The lowest BCUT2D eigenvalue weighted by Crippen LogP contribution is -2.16. The highest BCUT2D eigenvalue weighted by Gasteiger charge is 2.09. The normalized spacial score (nSPS) is 10.6. The van der Waals surface area contributed by atoms with Crippen LogP contribution in [0.1, 0.15) is 17.5 Å². The molecule has 25 heavy (non-hydrogen) atoms. The van der Waals surface area contributed by atoms with Crippen LogP contribution in [-0.4, -0.2) is 20.8 Å². The third-order valence-electron chi connectivity index (χ3n) is 3.84. The number of para-hydroxylation sites is 1. The Morgan fingerprint density at radius 2 is 1.88 bits per heavy atom. The summed E-state index contributed by atoms with van der Waals surface area (Å²) in [5, 5.41) is 16.9. The Bertz CT molecular complexity index is 859. The van der Waals surface area contributed by atoms with Crippen molar-refractivity contribution in [2.75, 3.05) is 5.32 Å². The van der Waals surface area contributed by atoms with E-state index in [0.29, 0.717) is 25.2 Å². The molecule has 0 atom stereocenters. The molecule has 6 heteroatoms. The van der Waals surface area contributed by atoms with Crippen LogP contribution in [0.3, 0.4) is 0 Å². The van der Waals surface area contributed by atoms with Crippen LogP contribution in [0.25, 0.3) is 0 Å². The number of carbonyl (C=O) groups is 1. The van der Waals surface area contributed by atoms with Crippen molar-refractivity contribution in [1.29, 1.82) is 0 Å². The zero-order chi connectivity index (χ0) is 17.6. The predicted octanol–water partition coefficient (Wildman–Crippen LogP) is 3.97. The van der Waals surface area contributed by atoms with Gasteiger partial charge in [0.15, 0.2) is 0 Å². The highest BCUT2D eigenvalue weighted by Crippen LogP contribution is 2.18. The van der Waals surface area contributed by atoms with Crippen LogP contribution in [0.5, 0.6) is 5.75 Å². The van der Waals surface area contributed by atoms with Gasteiger partial charge in [-0.1, -0.05) is 46.3 Å². The van der Waals surface area contributed by atoms with Gasteiger partial charge in [-0.25, -0.2) is 4.68 Å². The zero-order valence-electron chi connectivity index (χ0n) is 13.5. The Morgan fingerprint density at radius 3 is 2.64 bits per heavy atom. The highest BCUT2D eigenvalue weighted by atomic mass is 79.9. The van der Waals surface area contributed by atoms with Gasteiger partial charge in [0.05, 0.1) is 12.7 Å². The molecule has 0 radical (unpaired) electrons. The summed E-state index contributed by atoms with van der Waals surface area (Å²) in [6, 6.07) is 16.8. The number of hydrogen-bond acceptors (Lipinski definition) is 3. The Balaban J connectivity index is 1.59. The van der Waals surface area contributed by atoms with Gasteiger partial charge >= 0.3 is 0 Å². The number of nitrogens with zero attached hydrogens (tertiary/aromatic N) is 2.